The SMILES string of the molecule is O=C(NCc1ccc(Oc2cccc(F)c2)nc1)C1OCCc2ccccc21. The number of rotatable bonds is 5. The molecule has 0 spiro atoms. The molecule has 1 atom stereocenters. The van der Waals surface area contributed by atoms with Gasteiger partial charge in [0.2, 0.25) is 5.88 Å². The number of hydrogen-bond donors (Lipinski definition) is 1. The van der Waals surface area contributed by atoms with E-state index in [1.165, 1.54) is 12.1 Å². The molecular weight excluding hydrogens is 359 g/mol. The molecule has 0 aliphatic carbocycles. The standard InChI is InChI=1S/C22H19FN2O3/c23-17-5-3-6-18(12-17)28-20-9-8-15(13-24-20)14-25-22(26)21-19-7-2-1-4-16(19)10-11-27-21/h1-9,12-13,21H,10-11,14H2,(H,25,26). The van der Waals surface area contributed by atoms with Gasteiger partial charge in [-0.05, 0) is 35.2 Å². The van der Waals surface area contributed by atoms with Crippen LogP contribution in [-0.4, -0.2) is 17.5 Å². The van der Waals surface area contributed by atoms with Gasteiger partial charge >= 0.3 is 0 Å². The lowest BCUT2D eigenvalue weighted by atomic mass is 9.97. The third kappa shape index (κ3) is 4.18. The normalized spacial score (nSPS) is 15.5. The van der Waals surface area contributed by atoms with Crippen molar-refractivity contribution >= 4 is 5.91 Å². The number of benzene rings is 2. The summed E-state index contributed by atoms with van der Waals surface area (Å²) in [7, 11) is 0. The van der Waals surface area contributed by atoms with Gasteiger partial charge in [-0.3, -0.25) is 4.79 Å². The number of nitrogens with one attached hydrogen (secondary N) is 1. The third-order valence-electron chi connectivity index (χ3n) is 4.51. The number of carbonyl (C=O) groups is 1. The molecule has 0 saturated heterocycles. The van der Waals surface area contributed by atoms with E-state index in [0.717, 1.165) is 23.1 Å². The average molecular weight is 378 g/mol. The molecule has 1 amide bonds. The molecule has 28 heavy (non-hydrogen) atoms. The molecule has 1 aliphatic rings. The molecule has 1 aromatic heterocycles. The highest BCUT2D eigenvalue weighted by atomic mass is 19.1. The molecule has 5 nitrogen and oxygen atoms in total. The Hall–Kier alpha value is -3.25. The van der Waals surface area contributed by atoms with Crippen molar-refractivity contribution in [2.24, 2.45) is 0 Å². The van der Waals surface area contributed by atoms with Gasteiger partial charge in [-0.2, -0.15) is 0 Å². The van der Waals surface area contributed by atoms with Crippen molar-refractivity contribution in [3.8, 4) is 11.6 Å². The molecule has 142 valence electrons. The van der Waals surface area contributed by atoms with Crippen LogP contribution in [0.2, 0.25) is 0 Å². The van der Waals surface area contributed by atoms with Crippen LogP contribution >= 0.6 is 0 Å². The zero-order chi connectivity index (χ0) is 19.3. The largest absolute Gasteiger partial charge is 0.439 e. The number of hydrogen-bond acceptors (Lipinski definition) is 4. The summed E-state index contributed by atoms with van der Waals surface area (Å²) in [5.41, 5.74) is 2.89. The Kier molecular flexibility index (Phi) is 5.30. The van der Waals surface area contributed by atoms with Gasteiger partial charge in [0, 0.05) is 24.9 Å². The molecule has 1 unspecified atom stereocenters. The molecule has 3 aromatic rings. The van der Waals surface area contributed by atoms with Gasteiger partial charge in [-0.15, -0.1) is 0 Å². The highest BCUT2D eigenvalue weighted by Crippen LogP contribution is 2.27. The molecule has 0 saturated carbocycles. The topological polar surface area (TPSA) is 60.5 Å². The van der Waals surface area contributed by atoms with Crippen molar-refractivity contribution in [3.05, 3.63) is 89.4 Å². The van der Waals surface area contributed by atoms with Crippen molar-refractivity contribution in [3.63, 3.8) is 0 Å². The van der Waals surface area contributed by atoms with Crippen molar-refractivity contribution < 1.29 is 18.7 Å². The Morgan fingerprint density at radius 3 is 2.89 bits per heavy atom. The Morgan fingerprint density at radius 2 is 2.07 bits per heavy atom. The van der Waals surface area contributed by atoms with Crippen molar-refractivity contribution in [1.29, 1.82) is 0 Å². The van der Waals surface area contributed by atoms with Gasteiger partial charge in [0.05, 0.1) is 6.61 Å². The van der Waals surface area contributed by atoms with Crippen LogP contribution in [0, 0.1) is 5.82 Å². The molecular formula is C22H19FN2O3. The number of ether oxygens (including phenoxy) is 2. The van der Waals surface area contributed by atoms with Gasteiger partial charge in [0.15, 0.2) is 6.10 Å². The van der Waals surface area contributed by atoms with E-state index in [0.29, 0.717) is 24.8 Å². The minimum Gasteiger partial charge on any atom is -0.439 e. The second kappa shape index (κ2) is 8.19. The lowest BCUT2D eigenvalue weighted by Crippen LogP contribution is -2.33. The highest BCUT2D eigenvalue weighted by Gasteiger charge is 2.26. The molecule has 2 aromatic carbocycles. The van der Waals surface area contributed by atoms with Crippen molar-refractivity contribution in [2.45, 2.75) is 19.1 Å². The van der Waals surface area contributed by atoms with E-state index >= 15 is 0 Å². The zero-order valence-corrected chi connectivity index (χ0v) is 15.1. The molecule has 2 heterocycles. The van der Waals surface area contributed by atoms with Crippen LogP contribution in [0.15, 0.2) is 66.9 Å². The molecule has 1 aliphatic heterocycles. The fourth-order valence-corrected chi connectivity index (χ4v) is 3.12. The van der Waals surface area contributed by atoms with E-state index in [2.05, 4.69) is 10.3 Å². The maximum Gasteiger partial charge on any atom is 0.254 e. The first-order chi connectivity index (χ1) is 13.7. The van der Waals surface area contributed by atoms with Gasteiger partial charge in [0.25, 0.3) is 5.91 Å². The van der Waals surface area contributed by atoms with E-state index in [1.807, 2.05) is 24.3 Å². The molecule has 0 radical (unpaired) electrons. The van der Waals surface area contributed by atoms with Crippen molar-refractivity contribution in [2.75, 3.05) is 6.61 Å². The van der Waals surface area contributed by atoms with Crippen LogP contribution in [0.5, 0.6) is 11.6 Å². The predicted molar refractivity (Wildman–Crippen MR) is 101 cm³/mol. The summed E-state index contributed by atoms with van der Waals surface area (Å²) in [5, 5.41) is 2.89. The first-order valence-corrected chi connectivity index (χ1v) is 9.04. The summed E-state index contributed by atoms with van der Waals surface area (Å²) in [6.45, 7) is 0.858. The van der Waals surface area contributed by atoms with Crippen LogP contribution in [0.25, 0.3) is 0 Å². The minimum atomic E-state index is -0.589. The summed E-state index contributed by atoms with van der Waals surface area (Å²) in [6, 6.07) is 17.2. The molecule has 1 N–H and O–H groups in total. The van der Waals surface area contributed by atoms with Crippen molar-refractivity contribution in [1.82, 2.24) is 10.3 Å². The Labute approximate surface area is 162 Å². The fourth-order valence-electron chi connectivity index (χ4n) is 3.12. The van der Waals surface area contributed by atoms with E-state index in [-0.39, 0.29) is 11.7 Å². The third-order valence-corrected chi connectivity index (χ3v) is 4.51. The first-order valence-electron chi connectivity index (χ1n) is 9.04. The molecule has 0 fully saturated rings. The number of aromatic nitrogens is 1. The minimum absolute atomic E-state index is 0.174. The summed E-state index contributed by atoms with van der Waals surface area (Å²) in [5.74, 6) is 0.183. The Bertz CT molecular complexity index is 976. The van der Waals surface area contributed by atoms with E-state index in [1.54, 1.807) is 30.5 Å². The second-order valence-corrected chi connectivity index (χ2v) is 6.48. The predicted octanol–water partition coefficient (Wildman–Crippen LogP) is 3.94. The van der Waals surface area contributed by atoms with Gasteiger partial charge < -0.3 is 14.8 Å². The smallest absolute Gasteiger partial charge is 0.254 e. The Morgan fingerprint density at radius 1 is 1.18 bits per heavy atom. The van der Waals surface area contributed by atoms with Gasteiger partial charge in [0.1, 0.15) is 11.6 Å². The summed E-state index contributed by atoms with van der Waals surface area (Å²) in [4.78, 5) is 16.8. The summed E-state index contributed by atoms with van der Waals surface area (Å²) >= 11 is 0. The number of amides is 1. The lowest BCUT2D eigenvalue weighted by Gasteiger charge is -2.25. The quantitative estimate of drug-likeness (QED) is 0.731. The number of nitrogens with zero attached hydrogens (tertiary/aromatic N) is 1. The molecule has 6 heteroatoms. The Balaban J connectivity index is 1.36. The molecule has 4 rings (SSSR count). The number of carbonyl (C=O) groups excluding carboxylic acids is 1. The van der Waals surface area contributed by atoms with Crippen LogP contribution in [0.3, 0.4) is 0 Å². The van der Waals surface area contributed by atoms with Crippen LogP contribution in [0.4, 0.5) is 4.39 Å². The van der Waals surface area contributed by atoms with Crippen LogP contribution in [0.1, 0.15) is 22.8 Å². The van der Waals surface area contributed by atoms with E-state index < -0.39 is 6.10 Å². The zero-order valence-electron chi connectivity index (χ0n) is 15.1. The number of halogens is 1. The molecule has 0 bridgehead atoms. The number of pyridine rings is 1. The lowest BCUT2D eigenvalue weighted by molar-refractivity contribution is -0.134. The first kappa shape index (κ1) is 18.1. The maximum atomic E-state index is 13.2. The fraction of sp³-hybridized carbons (Fsp3) is 0.182. The second-order valence-electron chi connectivity index (χ2n) is 6.48. The monoisotopic (exact) mass is 378 g/mol. The average Bonchev–Trinajstić information content (AvgIpc) is 2.73. The summed E-state index contributed by atoms with van der Waals surface area (Å²) in [6.07, 6.45) is 1.84. The van der Waals surface area contributed by atoms with Gasteiger partial charge in [-0.25, -0.2) is 9.37 Å². The van der Waals surface area contributed by atoms with Crippen LogP contribution in [-0.2, 0) is 22.5 Å². The number of fused-ring (bicyclic) bond motifs is 1. The highest BCUT2D eigenvalue weighted by molar-refractivity contribution is 5.82. The van der Waals surface area contributed by atoms with Crippen LogP contribution < -0.4 is 10.1 Å². The van der Waals surface area contributed by atoms with Gasteiger partial charge in [-0.1, -0.05) is 36.4 Å². The van der Waals surface area contributed by atoms with E-state index in [9.17, 15) is 9.18 Å². The maximum absolute atomic E-state index is 13.2. The summed E-state index contributed by atoms with van der Waals surface area (Å²) < 4.78 is 24.4. The van der Waals surface area contributed by atoms with E-state index in [4.69, 9.17) is 9.47 Å².